The zero-order valence-corrected chi connectivity index (χ0v) is 19.3. The zero-order chi connectivity index (χ0) is 23.8. The van der Waals surface area contributed by atoms with E-state index in [4.69, 9.17) is 27.6 Å². The first-order chi connectivity index (χ1) is 16.4. The summed E-state index contributed by atoms with van der Waals surface area (Å²) in [5, 5.41) is 12.7. The van der Waals surface area contributed by atoms with E-state index in [-0.39, 0.29) is 34.5 Å². The van der Waals surface area contributed by atoms with Crippen LogP contribution in [0, 0.1) is 12.7 Å². The van der Waals surface area contributed by atoms with Crippen LogP contribution in [0.4, 0.5) is 10.2 Å². The van der Waals surface area contributed by atoms with Gasteiger partial charge < -0.3 is 9.73 Å². The standard InChI is InChI=1S/C23H17Cl2FN6O2/c1-13-21-14(19-6-3-9-34-19)7-8-27-23(21)32(29-13)12-20(33)28-22-17(25)11-31(30-22)10-15-16(24)4-2-5-18(15)26/h2-9,11H,10,12H2,1H3,(H,28,30,33). The molecular weight excluding hydrogens is 482 g/mol. The van der Waals surface area contributed by atoms with Gasteiger partial charge in [0.2, 0.25) is 5.91 Å². The molecule has 172 valence electrons. The highest BCUT2D eigenvalue weighted by Gasteiger charge is 2.19. The van der Waals surface area contributed by atoms with Gasteiger partial charge in [-0.1, -0.05) is 29.3 Å². The van der Waals surface area contributed by atoms with E-state index in [9.17, 15) is 9.18 Å². The summed E-state index contributed by atoms with van der Waals surface area (Å²) >= 11 is 12.3. The Bertz CT molecular complexity index is 1490. The number of rotatable bonds is 6. The summed E-state index contributed by atoms with van der Waals surface area (Å²) in [6, 6.07) is 9.93. The van der Waals surface area contributed by atoms with Gasteiger partial charge in [-0.15, -0.1) is 0 Å². The number of aryl methyl sites for hydroxylation is 1. The molecule has 1 N–H and O–H groups in total. The molecule has 4 heterocycles. The molecule has 5 rings (SSSR count). The summed E-state index contributed by atoms with van der Waals surface area (Å²) in [4.78, 5) is 17.2. The van der Waals surface area contributed by atoms with Crippen LogP contribution < -0.4 is 5.32 Å². The summed E-state index contributed by atoms with van der Waals surface area (Å²) in [5.41, 5.74) is 2.38. The van der Waals surface area contributed by atoms with E-state index in [1.807, 2.05) is 19.1 Å². The number of hydrogen-bond acceptors (Lipinski definition) is 5. The molecule has 5 aromatic rings. The summed E-state index contributed by atoms with van der Waals surface area (Å²) in [5.74, 6) is -0.0129. The van der Waals surface area contributed by atoms with Crippen molar-refractivity contribution < 1.29 is 13.6 Å². The third-order valence-electron chi connectivity index (χ3n) is 5.24. The van der Waals surface area contributed by atoms with Crippen LogP contribution in [0.1, 0.15) is 11.3 Å². The van der Waals surface area contributed by atoms with E-state index in [0.29, 0.717) is 17.1 Å². The summed E-state index contributed by atoms with van der Waals surface area (Å²) in [6.07, 6.45) is 4.73. The van der Waals surface area contributed by atoms with Crippen molar-refractivity contribution in [3.8, 4) is 11.3 Å². The fourth-order valence-electron chi connectivity index (χ4n) is 3.74. The van der Waals surface area contributed by atoms with Crippen LogP contribution in [0.3, 0.4) is 0 Å². The van der Waals surface area contributed by atoms with Crippen molar-refractivity contribution in [1.82, 2.24) is 24.5 Å². The Hall–Kier alpha value is -3.69. The quantitative estimate of drug-likeness (QED) is 0.341. The van der Waals surface area contributed by atoms with Crippen molar-refractivity contribution in [1.29, 1.82) is 0 Å². The number of furan rings is 1. The molecule has 0 unspecified atom stereocenters. The first-order valence-corrected chi connectivity index (χ1v) is 11.0. The van der Waals surface area contributed by atoms with Crippen molar-refractivity contribution in [3.05, 3.63) is 82.2 Å². The Morgan fingerprint density at radius 2 is 2.00 bits per heavy atom. The van der Waals surface area contributed by atoms with Gasteiger partial charge in [0.15, 0.2) is 11.5 Å². The summed E-state index contributed by atoms with van der Waals surface area (Å²) in [6.45, 7) is 1.79. The monoisotopic (exact) mass is 498 g/mol. The molecule has 4 aromatic heterocycles. The number of fused-ring (bicyclic) bond motifs is 1. The lowest BCUT2D eigenvalue weighted by Crippen LogP contribution is -2.20. The number of carbonyl (C=O) groups is 1. The molecule has 0 bridgehead atoms. The molecule has 0 saturated carbocycles. The number of halogens is 3. The molecule has 0 atom stereocenters. The molecule has 0 aliphatic carbocycles. The molecule has 8 nitrogen and oxygen atoms in total. The average molecular weight is 499 g/mol. The van der Waals surface area contributed by atoms with Gasteiger partial charge in [-0.05, 0) is 37.3 Å². The minimum absolute atomic E-state index is 0.0591. The maximum Gasteiger partial charge on any atom is 0.247 e. The maximum atomic E-state index is 14.1. The topological polar surface area (TPSA) is 90.8 Å². The highest BCUT2D eigenvalue weighted by atomic mass is 35.5. The highest BCUT2D eigenvalue weighted by molar-refractivity contribution is 6.33. The van der Waals surface area contributed by atoms with E-state index < -0.39 is 11.7 Å². The van der Waals surface area contributed by atoms with Gasteiger partial charge in [-0.2, -0.15) is 10.2 Å². The Morgan fingerprint density at radius 1 is 1.15 bits per heavy atom. The minimum atomic E-state index is -0.452. The van der Waals surface area contributed by atoms with Gasteiger partial charge in [-0.25, -0.2) is 14.1 Å². The normalized spacial score (nSPS) is 11.3. The van der Waals surface area contributed by atoms with Crippen LogP contribution in [0.5, 0.6) is 0 Å². The fourth-order valence-corrected chi connectivity index (χ4v) is 4.17. The lowest BCUT2D eigenvalue weighted by atomic mass is 10.1. The first kappa shape index (κ1) is 22.1. The van der Waals surface area contributed by atoms with E-state index in [1.165, 1.54) is 27.7 Å². The summed E-state index contributed by atoms with van der Waals surface area (Å²) in [7, 11) is 0. The lowest BCUT2D eigenvalue weighted by Gasteiger charge is -2.06. The zero-order valence-electron chi connectivity index (χ0n) is 17.8. The number of amides is 1. The average Bonchev–Trinajstić information content (AvgIpc) is 3.52. The Labute approximate surface area is 202 Å². The van der Waals surface area contributed by atoms with E-state index in [2.05, 4.69) is 20.5 Å². The van der Waals surface area contributed by atoms with Crippen LogP contribution >= 0.6 is 23.2 Å². The number of nitrogens with zero attached hydrogens (tertiary/aromatic N) is 5. The van der Waals surface area contributed by atoms with Crippen molar-refractivity contribution >= 4 is 46.0 Å². The van der Waals surface area contributed by atoms with Crippen molar-refractivity contribution in [2.24, 2.45) is 0 Å². The highest BCUT2D eigenvalue weighted by Crippen LogP contribution is 2.30. The molecular formula is C23H17Cl2FN6O2. The number of aromatic nitrogens is 5. The van der Waals surface area contributed by atoms with Gasteiger partial charge in [0, 0.05) is 28.5 Å². The Kier molecular flexibility index (Phi) is 5.80. The molecule has 1 amide bonds. The molecule has 34 heavy (non-hydrogen) atoms. The largest absolute Gasteiger partial charge is 0.464 e. The van der Waals surface area contributed by atoms with Gasteiger partial charge >= 0.3 is 0 Å². The smallest absolute Gasteiger partial charge is 0.247 e. The third-order valence-corrected chi connectivity index (χ3v) is 5.88. The SMILES string of the molecule is Cc1nn(CC(=O)Nc2nn(Cc3c(F)cccc3Cl)cc2Cl)c2nccc(-c3ccco3)c12. The number of anilines is 1. The van der Waals surface area contributed by atoms with Crippen LogP contribution in [-0.2, 0) is 17.9 Å². The van der Waals surface area contributed by atoms with Crippen molar-refractivity contribution in [2.75, 3.05) is 5.32 Å². The van der Waals surface area contributed by atoms with Crippen LogP contribution in [-0.4, -0.2) is 30.5 Å². The fraction of sp³-hybridized carbons (Fsp3) is 0.130. The molecule has 11 heteroatoms. The van der Waals surface area contributed by atoms with Crippen molar-refractivity contribution in [2.45, 2.75) is 20.0 Å². The molecule has 1 aromatic carbocycles. The number of hydrogen-bond donors (Lipinski definition) is 1. The molecule has 0 fully saturated rings. The van der Waals surface area contributed by atoms with Gasteiger partial charge in [0.25, 0.3) is 0 Å². The number of pyridine rings is 1. The minimum Gasteiger partial charge on any atom is -0.464 e. The van der Waals surface area contributed by atoms with E-state index in [1.54, 1.807) is 24.6 Å². The van der Waals surface area contributed by atoms with E-state index in [0.717, 1.165) is 10.9 Å². The maximum absolute atomic E-state index is 14.1. The molecule has 0 radical (unpaired) electrons. The van der Waals surface area contributed by atoms with Gasteiger partial charge in [-0.3, -0.25) is 9.48 Å². The van der Waals surface area contributed by atoms with Crippen LogP contribution in [0.15, 0.2) is 59.5 Å². The number of carbonyl (C=O) groups excluding carboxylic acids is 1. The Morgan fingerprint density at radius 3 is 2.76 bits per heavy atom. The number of benzene rings is 1. The third kappa shape index (κ3) is 4.15. The van der Waals surface area contributed by atoms with Gasteiger partial charge in [0.05, 0.1) is 23.9 Å². The summed E-state index contributed by atoms with van der Waals surface area (Å²) < 4.78 is 22.5. The first-order valence-electron chi connectivity index (χ1n) is 10.2. The van der Waals surface area contributed by atoms with Crippen LogP contribution in [0.25, 0.3) is 22.4 Å². The molecule has 0 aliphatic heterocycles. The second-order valence-corrected chi connectivity index (χ2v) is 8.36. The second-order valence-electron chi connectivity index (χ2n) is 7.55. The lowest BCUT2D eigenvalue weighted by molar-refractivity contribution is -0.116. The van der Waals surface area contributed by atoms with Gasteiger partial charge in [0.1, 0.15) is 23.1 Å². The van der Waals surface area contributed by atoms with Crippen LogP contribution in [0.2, 0.25) is 10.0 Å². The molecule has 0 aliphatic rings. The van der Waals surface area contributed by atoms with Crippen molar-refractivity contribution in [3.63, 3.8) is 0 Å². The predicted molar refractivity (Wildman–Crippen MR) is 126 cm³/mol. The van der Waals surface area contributed by atoms with E-state index >= 15 is 0 Å². The second kappa shape index (κ2) is 8.92. The number of nitrogens with one attached hydrogen (secondary N) is 1. The predicted octanol–water partition coefficient (Wildman–Crippen LogP) is 5.33. The molecule has 0 spiro atoms. The Balaban J connectivity index is 1.36. The molecule has 0 saturated heterocycles.